The average molecular weight is 255 g/mol. The first-order chi connectivity index (χ1) is 9.13. The standard InChI is InChI=1S/C15H17N3O/c1-11-6-4-5-7-14(11)18(3)15(19)13-9-8-12(16-2)10-17-13/h4-10,16H,1-3H3. The number of carbonyl (C=O) groups excluding carboxylic acids is 1. The highest BCUT2D eigenvalue weighted by atomic mass is 16.2. The number of benzene rings is 1. The maximum absolute atomic E-state index is 12.3. The van der Waals surface area contributed by atoms with E-state index >= 15 is 0 Å². The van der Waals surface area contributed by atoms with Crippen molar-refractivity contribution in [2.75, 3.05) is 24.3 Å². The minimum Gasteiger partial charge on any atom is -0.387 e. The second kappa shape index (κ2) is 5.52. The van der Waals surface area contributed by atoms with E-state index in [-0.39, 0.29) is 5.91 Å². The van der Waals surface area contributed by atoms with E-state index in [1.54, 1.807) is 24.2 Å². The number of para-hydroxylation sites is 1. The lowest BCUT2D eigenvalue weighted by atomic mass is 10.2. The predicted molar refractivity (Wildman–Crippen MR) is 77.7 cm³/mol. The van der Waals surface area contributed by atoms with Gasteiger partial charge in [-0.3, -0.25) is 4.79 Å². The monoisotopic (exact) mass is 255 g/mol. The fourth-order valence-electron chi connectivity index (χ4n) is 1.89. The highest BCUT2D eigenvalue weighted by Gasteiger charge is 2.15. The van der Waals surface area contributed by atoms with Crippen LogP contribution in [0.25, 0.3) is 0 Å². The molecular weight excluding hydrogens is 238 g/mol. The van der Waals surface area contributed by atoms with E-state index in [1.165, 1.54) is 0 Å². The molecular formula is C15H17N3O. The molecule has 0 saturated heterocycles. The summed E-state index contributed by atoms with van der Waals surface area (Å²) < 4.78 is 0. The van der Waals surface area contributed by atoms with Crippen LogP contribution in [0.3, 0.4) is 0 Å². The van der Waals surface area contributed by atoms with Gasteiger partial charge in [-0.1, -0.05) is 18.2 Å². The summed E-state index contributed by atoms with van der Waals surface area (Å²) >= 11 is 0. The first kappa shape index (κ1) is 13.1. The number of carbonyl (C=O) groups is 1. The molecule has 0 unspecified atom stereocenters. The third kappa shape index (κ3) is 2.73. The van der Waals surface area contributed by atoms with Crippen molar-refractivity contribution in [3.63, 3.8) is 0 Å². The number of nitrogens with zero attached hydrogens (tertiary/aromatic N) is 2. The molecule has 4 heteroatoms. The number of aromatic nitrogens is 1. The van der Waals surface area contributed by atoms with Gasteiger partial charge in [0, 0.05) is 19.8 Å². The quantitative estimate of drug-likeness (QED) is 0.917. The molecule has 2 aromatic rings. The third-order valence-corrected chi connectivity index (χ3v) is 3.05. The van der Waals surface area contributed by atoms with Gasteiger partial charge >= 0.3 is 0 Å². The largest absolute Gasteiger partial charge is 0.387 e. The molecule has 0 bridgehead atoms. The van der Waals surface area contributed by atoms with Crippen molar-refractivity contribution < 1.29 is 4.79 Å². The molecule has 1 aromatic heterocycles. The average Bonchev–Trinajstić information content (AvgIpc) is 2.46. The summed E-state index contributed by atoms with van der Waals surface area (Å²) in [6, 6.07) is 11.3. The van der Waals surface area contributed by atoms with Crippen LogP contribution < -0.4 is 10.2 Å². The van der Waals surface area contributed by atoms with E-state index < -0.39 is 0 Å². The topological polar surface area (TPSA) is 45.2 Å². The van der Waals surface area contributed by atoms with Crippen LogP contribution >= 0.6 is 0 Å². The van der Waals surface area contributed by atoms with E-state index in [2.05, 4.69) is 10.3 Å². The van der Waals surface area contributed by atoms with Crippen molar-refractivity contribution in [1.29, 1.82) is 0 Å². The first-order valence-corrected chi connectivity index (χ1v) is 6.11. The van der Waals surface area contributed by atoms with Crippen LogP contribution in [0.4, 0.5) is 11.4 Å². The van der Waals surface area contributed by atoms with Crippen molar-refractivity contribution in [3.8, 4) is 0 Å². The molecule has 0 atom stereocenters. The molecule has 0 fully saturated rings. The third-order valence-electron chi connectivity index (χ3n) is 3.05. The Labute approximate surface area is 113 Å². The highest BCUT2D eigenvalue weighted by molar-refractivity contribution is 6.04. The smallest absolute Gasteiger partial charge is 0.276 e. The van der Waals surface area contributed by atoms with Crippen LogP contribution in [-0.2, 0) is 0 Å². The van der Waals surface area contributed by atoms with Crippen molar-refractivity contribution in [3.05, 3.63) is 53.9 Å². The Balaban J connectivity index is 2.26. The fraction of sp³-hybridized carbons (Fsp3) is 0.200. The molecule has 0 aliphatic carbocycles. The van der Waals surface area contributed by atoms with E-state index in [0.29, 0.717) is 5.69 Å². The Bertz CT molecular complexity index is 578. The molecule has 2 rings (SSSR count). The summed E-state index contributed by atoms with van der Waals surface area (Å²) in [5.74, 6) is -0.114. The van der Waals surface area contributed by atoms with Crippen LogP contribution in [-0.4, -0.2) is 25.0 Å². The molecule has 98 valence electrons. The van der Waals surface area contributed by atoms with Gasteiger partial charge in [-0.2, -0.15) is 0 Å². The van der Waals surface area contributed by atoms with Crippen molar-refractivity contribution in [1.82, 2.24) is 4.98 Å². The number of pyridine rings is 1. The molecule has 0 spiro atoms. The number of nitrogens with one attached hydrogen (secondary N) is 1. The van der Waals surface area contributed by atoms with Crippen molar-refractivity contribution in [2.45, 2.75) is 6.92 Å². The molecule has 0 saturated carbocycles. The second-order valence-electron chi connectivity index (χ2n) is 4.33. The molecule has 0 radical (unpaired) electrons. The molecule has 19 heavy (non-hydrogen) atoms. The normalized spacial score (nSPS) is 10.1. The second-order valence-corrected chi connectivity index (χ2v) is 4.33. The number of amides is 1. The van der Waals surface area contributed by atoms with Crippen LogP contribution in [0.15, 0.2) is 42.6 Å². The predicted octanol–water partition coefficient (Wildman–Crippen LogP) is 2.71. The van der Waals surface area contributed by atoms with E-state index in [0.717, 1.165) is 16.9 Å². The molecule has 1 aromatic carbocycles. The van der Waals surface area contributed by atoms with E-state index in [9.17, 15) is 4.79 Å². The Kier molecular flexibility index (Phi) is 3.80. The summed E-state index contributed by atoms with van der Waals surface area (Å²) in [5, 5.41) is 2.98. The highest BCUT2D eigenvalue weighted by Crippen LogP contribution is 2.19. The van der Waals surface area contributed by atoms with Gasteiger partial charge in [-0.15, -0.1) is 0 Å². The zero-order valence-corrected chi connectivity index (χ0v) is 11.3. The fourth-order valence-corrected chi connectivity index (χ4v) is 1.89. The summed E-state index contributed by atoms with van der Waals surface area (Å²) in [7, 11) is 3.58. The lowest BCUT2D eigenvalue weighted by Gasteiger charge is -2.19. The number of hydrogen-bond acceptors (Lipinski definition) is 3. The number of rotatable bonds is 3. The zero-order chi connectivity index (χ0) is 13.8. The van der Waals surface area contributed by atoms with Crippen LogP contribution in [0.5, 0.6) is 0 Å². The molecule has 4 nitrogen and oxygen atoms in total. The van der Waals surface area contributed by atoms with E-state index in [4.69, 9.17) is 0 Å². The molecule has 1 N–H and O–H groups in total. The Hall–Kier alpha value is -2.36. The summed E-state index contributed by atoms with van der Waals surface area (Å²) in [6.45, 7) is 1.98. The maximum atomic E-state index is 12.3. The van der Waals surface area contributed by atoms with Gasteiger partial charge in [0.2, 0.25) is 0 Å². The Morgan fingerprint density at radius 1 is 1.21 bits per heavy atom. The number of hydrogen-bond donors (Lipinski definition) is 1. The summed E-state index contributed by atoms with van der Waals surface area (Å²) in [5.41, 5.74) is 3.28. The number of anilines is 2. The van der Waals surface area contributed by atoms with E-state index in [1.807, 2.05) is 44.3 Å². The van der Waals surface area contributed by atoms with Gasteiger partial charge in [-0.05, 0) is 30.7 Å². The van der Waals surface area contributed by atoms with Crippen molar-refractivity contribution >= 4 is 17.3 Å². The lowest BCUT2D eigenvalue weighted by Crippen LogP contribution is -2.27. The minimum absolute atomic E-state index is 0.114. The summed E-state index contributed by atoms with van der Waals surface area (Å²) in [4.78, 5) is 18.1. The SMILES string of the molecule is CNc1ccc(C(=O)N(C)c2ccccc2C)nc1. The van der Waals surface area contributed by atoms with Crippen LogP contribution in [0.1, 0.15) is 16.1 Å². The van der Waals surface area contributed by atoms with Crippen LogP contribution in [0, 0.1) is 6.92 Å². The minimum atomic E-state index is -0.114. The van der Waals surface area contributed by atoms with Gasteiger partial charge in [0.15, 0.2) is 0 Å². The number of aryl methyl sites for hydroxylation is 1. The van der Waals surface area contributed by atoms with Gasteiger partial charge in [0.25, 0.3) is 5.91 Å². The van der Waals surface area contributed by atoms with Gasteiger partial charge in [0.1, 0.15) is 5.69 Å². The molecule has 0 aliphatic heterocycles. The molecule has 1 amide bonds. The Morgan fingerprint density at radius 2 is 1.95 bits per heavy atom. The first-order valence-electron chi connectivity index (χ1n) is 6.11. The lowest BCUT2D eigenvalue weighted by molar-refractivity contribution is 0.0988. The maximum Gasteiger partial charge on any atom is 0.276 e. The molecule has 1 heterocycles. The van der Waals surface area contributed by atoms with Crippen molar-refractivity contribution in [2.24, 2.45) is 0 Å². The van der Waals surface area contributed by atoms with Crippen LogP contribution in [0.2, 0.25) is 0 Å². The van der Waals surface area contributed by atoms with Gasteiger partial charge < -0.3 is 10.2 Å². The van der Waals surface area contributed by atoms with Gasteiger partial charge in [-0.25, -0.2) is 4.98 Å². The zero-order valence-electron chi connectivity index (χ0n) is 11.3. The molecule has 0 aliphatic rings. The summed E-state index contributed by atoms with van der Waals surface area (Å²) in [6.07, 6.45) is 1.65. The Morgan fingerprint density at radius 3 is 2.53 bits per heavy atom. The van der Waals surface area contributed by atoms with Gasteiger partial charge in [0.05, 0.1) is 11.9 Å².